The average Bonchev–Trinajstić information content (AvgIpc) is 2.02. The third kappa shape index (κ3) is 2.96. The van der Waals surface area contributed by atoms with Gasteiger partial charge in [-0.05, 0) is 49.0 Å². The minimum atomic E-state index is 0.254. The third-order valence-electron chi connectivity index (χ3n) is 3.62. The fourth-order valence-corrected chi connectivity index (χ4v) is 3.20. The molecule has 0 amide bonds. The van der Waals surface area contributed by atoms with E-state index in [1.54, 1.807) is 0 Å². The average molecular weight is 199 g/mol. The smallest absolute Gasteiger partial charge is 0.0473 e. The highest BCUT2D eigenvalue weighted by atomic mass is 16.3. The van der Waals surface area contributed by atoms with Gasteiger partial charge in [0.1, 0.15) is 0 Å². The molecule has 3 atom stereocenters. The molecule has 3 unspecified atom stereocenters. The molecule has 0 aromatic rings. The van der Waals surface area contributed by atoms with Crippen LogP contribution in [0.4, 0.5) is 0 Å². The van der Waals surface area contributed by atoms with Crippen LogP contribution in [0.25, 0.3) is 0 Å². The van der Waals surface area contributed by atoms with Gasteiger partial charge in [0.25, 0.3) is 0 Å². The van der Waals surface area contributed by atoms with Gasteiger partial charge in [0.15, 0.2) is 0 Å². The molecule has 0 spiro atoms. The van der Waals surface area contributed by atoms with E-state index in [4.69, 9.17) is 5.73 Å². The Hall–Kier alpha value is -0.0800. The van der Waals surface area contributed by atoms with Gasteiger partial charge in [0.2, 0.25) is 0 Å². The van der Waals surface area contributed by atoms with Crippen LogP contribution in [-0.4, -0.2) is 18.3 Å². The Labute approximate surface area is 87.9 Å². The van der Waals surface area contributed by atoms with E-state index in [1.165, 1.54) is 19.3 Å². The summed E-state index contributed by atoms with van der Waals surface area (Å²) in [7, 11) is 0. The molecule has 1 saturated carbocycles. The van der Waals surface area contributed by atoms with E-state index in [1.807, 2.05) is 0 Å². The van der Waals surface area contributed by atoms with Crippen molar-refractivity contribution in [3.05, 3.63) is 0 Å². The second kappa shape index (κ2) is 4.63. The van der Waals surface area contributed by atoms with Gasteiger partial charge in [-0.1, -0.05) is 20.8 Å². The van der Waals surface area contributed by atoms with E-state index in [0.717, 1.165) is 5.92 Å². The summed E-state index contributed by atoms with van der Waals surface area (Å²) in [5, 5.41) is 9.25. The van der Waals surface area contributed by atoms with E-state index < -0.39 is 0 Å². The molecule has 1 aliphatic carbocycles. The van der Waals surface area contributed by atoms with Crippen molar-refractivity contribution in [3.8, 4) is 0 Å². The first-order valence-corrected chi connectivity index (χ1v) is 5.79. The Bertz CT molecular complexity index is 175. The van der Waals surface area contributed by atoms with Crippen molar-refractivity contribution in [3.63, 3.8) is 0 Å². The minimum Gasteiger partial charge on any atom is -0.396 e. The lowest BCUT2D eigenvalue weighted by Crippen LogP contribution is -2.36. The largest absolute Gasteiger partial charge is 0.396 e. The van der Waals surface area contributed by atoms with E-state index in [0.29, 0.717) is 23.8 Å². The fourth-order valence-electron chi connectivity index (χ4n) is 3.20. The lowest BCUT2D eigenvalue weighted by Gasteiger charge is -2.41. The third-order valence-corrected chi connectivity index (χ3v) is 3.62. The minimum absolute atomic E-state index is 0.254. The molecule has 2 heteroatoms. The molecule has 14 heavy (non-hydrogen) atoms. The van der Waals surface area contributed by atoms with Crippen molar-refractivity contribution < 1.29 is 5.11 Å². The van der Waals surface area contributed by atoms with E-state index in [9.17, 15) is 5.11 Å². The Kier molecular flexibility index (Phi) is 3.96. The van der Waals surface area contributed by atoms with Crippen LogP contribution >= 0.6 is 0 Å². The predicted octanol–water partition coefficient (Wildman–Crippen LogP) is 2.02. The van der Waals surface area contributed by atoms with Crippen molar-refractivity contribution >= 4 is 0 Å². The first kappa shape index (κ1) is 12.0. The summed E-state index contributed by atoms with van der Waals surface area (Å²) >= 11 is 0. The van der Waals surface area contributed by atoms with E-state index in [2.05, 4.69) is 20.8 Å². The fraction of sp³-hybridized carbons (Fsp3) is 1.00. The molecule has 1 fully saturated rings. The molecule has 0 radical (unpaired) electrons. The molecular formula is C12H25NO. The second-order valence-electron chi connectivity index (χ2n) is 5.85. The SMILES string of the molecule is CC1CC(C(CN)CO)CC(C)(C)C1. The zero-order valence-electron chi connectivity index (χ0n) is 9.79. The van der Waals surface area contributed by atoms with Gasteiger partial charge in [-0.3, -0.25) is 0 Å². The maximum absolute atomic E-state index is 9.25. The zero-order valence-corrected chi connectivity index (χ0v) is 9.79. The van der Waals surface area contributed by atoms with Crippen molar-refractivity contribution in [1.82, 2.24) is 0 Å². The van der Waals surface area contributed by atoms with E-state index >= 15 is 0 Å². The molecule has 0 aliphatic heterocycles. The maximum atomic E-state index is 9.25. The number of hydrogen-bond acceptors (Lipinski definition) is 2. The molecule has 0 bridgehead atoms. The maximum Gasteiger partial charge on any atom is 0.0473 e. The molecule has 1 rings (SSSR count). The number of nitrogens with two attached hydrogens (primary N) is 1. The summed E-state index contributed by atoms with van der Waals surface area (Å²) in [4.78, 5) is 0. The summed E-state index contributed by atoms with van der Waals surface area (Å²) in [6.45, 7) is 7.87. The number of aliphatic hydroxyl groups excluding tert-OH is 1. The van der Waals surface area contributed by atoms with Crippen molar-refractivity contribution in [2.45, 2.75) is 40.0 Å². The van der Waals surface area contributed by atoms with Crippen molar-refractivity contribution in [2.75, 3.05) is 13.2 Å². The highest BCUT2D eigenvalue weighted by molar-refractivity contribution is 4.86. The van der Waals surface area contributed by atoms with E-state index in [-0.39, 0.29) is 6.61 Å². The molecule has 0 heterocycles. The topological polar surface area (TPSA) is 46.2 Å². The van der Waals surface area contributed by atoms with Gasteiger partial charge in [-0.2, -0.15) is 0 Å². The van der Waals surface area contributed by atoms with Crippen molar-refractivity contribution in [2.24, 2.45) is 28.9 Å². The molecule has 1 aliphatic rings. The summed E-state index contributed by atoms with van der Waals surface area (Å²) in [6, 6.07) is 0. The van der Waals surface area contributed by atoms with Crippen LogP contribution in [0, 0.1) is 23.2 Å². The predicted molar refractivity (Wildman–Crippen MR) is 59.9 cm³/mol. The molecular weight excluding hydrogens is 174 g/mol. The summed E-state index contributed by atoms with van der Waals surface area (Å²) < 4.78 is 0. The monoisotopic (exact) mass is 199 g/mol. The molecule has 0 aromatic heterocycles. The van der Waals surface area contributed by atoms with Gasteiger partial charge in [-0.15, -0.1) is 0 Å². The number of aliphatic hydroxyl groups is 1. The van der Waals surface area contributed by atoms with Crippen LogP contribution in [0.2, 0.25) is 0 Å². The summed E-state index contributed by atoms with van der Waals surface area (Å²) in [6.07, 6.45) is 3.78. The van der Waals surface area contributed by atoms with Crippen LogP contribution in [0.3, 0.4) is 0 Å². The highest BCUT2D eigenvalue weighted by Gasteiger charge is 2.35. The molecule has 3 N–H and O–H groups in total. The zero-order chi connectivity index (χ0) is 10.8. The highest BCUT2D eigenvalue weighted by Crippen LogP contribution is 2.44. The Morgan fingerprint density at radius 3 is 2.50 bits per heavy atom. The Balaban J connectivity index is 2.61. The number of rotatable bonds is 3. The van der Waals surface area contributed by atoms with Crippen LogP contribution in [0.15, 0.2) is 0 Å². The van der Waals surface area contributed by atoms with Gasteiger partial charge in [-0.25, -0.2) is 0 Å². The van der Waals surface area contributed by atoms with Gasteiger partial charge >= 0.3 is 0 Å². The van der Waals surface area contributed by atoms with Crippen LogP contribution in [0.5, 0.6) is 0 Å². The van der Waals surface area contributed by atoms with Crippen LogP contribution in [-0.2, 0) is 0 Å². The van der Waals surface area contributed by atoms with Crippen LogP contribution in [0.1, 0.15) is 40.0 Å². The van der Waals surface area contributed by atoms with Gasteiger partial charge in [0, 0.05) is 6.61 Å². The van der Waals surface area contributed by atoms with Gasteiger partial charge < -0.3 is 10.8 Å². The number of hydrogen-bond donors (Lipinski definition) is 2. The Morgan fingerprint density at radius 2 is 2.07 bits per heavy atom. The second-order valence-corrected chi connectivity index (χ2v) is 5.85. The molecule has 0 saturated heterocycles. The quantitative estimate of drug-likeness (QED) is 0.730. The normalized spacial score (nSPS) is 34.1. The first-order chi connectivity index (χ1) is 6.48. The van der Waals surface area contributed by atoms with Gasteiger partial charge in [0.05, 0.1) is 0 Å². The lowest BCUT2D eigenvalue weighted by atomic mass is 9.65. The summed E-state index contributed by atoms with van der Waals surface area (Å²) in [5.41, 5.74) is 6.12. The standard InChI is InChI=1S/C12H25NO/c1-9-4-10(11(7-13)8-14)6-12(2,3)5-9/h9-11,14H,4-8,13H2,1-3H3. The van der Waals surface area contributed by atoms with Crippen LogP contribution < -0.4 is 5.73 Å². The molecule has 84 valence electrons. The molecule has 0 aromatic carbocycles. The Morgan fingerprint density at radius 1 is 1.43 bits per heavy atom. The first-order valence-electron chi connectivity index (χ1n) is 5.79. The lowest BCUT2D eigenvalue weighted by molar-refractivity contribution is 0.0700. The van der Waals surface area contributed by atoms with Crippen molar-refractivity contribution in [1.29, 1.82) is 0 Å². The summed E-state index contributed by atoms with van der Waals surface area (Å²) in [5.74, 6) is 1.73. The molecule has 2 nitrogen and oxygen atoms in total.